The quantitative estimate of drug-likeness (QED) is 0.512. The molecule has 5 rings (SSSR count). The second kappa shape index (κ2) is 5.65. The first-order chi connectivity index (χ1) is 13.2. The Balaban J connectivity index is 1.78. The molecule has 0 bridgehead atoms. The number of para-hydroxylation sites is 1. The van der Waals surface area contributed by atoms with E-state index in [9.17, 15) is 5.11 Å². The largest absolute Gasteiger partial charge is 0.508 e. The summed E-state index contributed by atoms with van der Waals surface area (Å²) < 4.78 is 0. The van der Waals surface area contributed by atoms with E-state index < -0.39 is 0 Å². The van der Waals surface area contributed by atoms with Crippen LogP contribution in [-0.2, 0) is 23.7 Å². The second-order valence-electron chi connectivity index (χ2n) is 10.1. The molecule has 146 valence electrons. The van der Waals surface area contributed by atoms with Gasteiger partial charge in [-0.05, 0) is 65.5 Å². The van der Waals surface area contributed by atoms with Gasteiger partial charge in [0.2, 0.25) is 0 Å². The molecule has 2 nitrogen and oxygen atoms in total. The van der Waals surface area contributed by atoms with Gasteiger partial charge >= 0.3 is 0 Å². The first-order valence-electron chi connectivity index (χ1n) is 10.7. The molecule has 0 saturated carbocycles. The summed E-state index contributed by atoms with van der Waals surface area (Å²) in [7, 11) is 0. The van der Waals surface area contributed by atoms with E-state index in [0.29, 0.717) is 17.6 Å². The third kappa shape index (κ3) is 2.15. The van der Waals surface area contributed by atoms with Crippen LogP contribution in [0.15, 0.2) is 36.4 Å². The van der Waals surface area contributed by atoms with Crippen LogP contribution in [0.1, 0.15) is 74.9 Å². The fourth-order valence-electron chi connectivity index (χ4n) is 6.75. The highest BCUT2D eigenvalue weighted by molar-refractivity contribution is 5.86. The lowest BCUT2D eigenvalue weighted by Gasteiger charge is -2.54. The minimum absolute atomic E-state index is 0.0897. The van der Waals surface area contributed by atoms with Gasteiger partial charge in [0.15, 0.2) is 0 Å². The molecule has 2 heteroatoms. The van der Waals surface area contributed by atoms with Crippen molar-refractivity contribution >= 4 is 10.9 Å². The average Bonchev–Trinajstić information content (AvgIpc) is 3.00. The summed E-state index contributed by atoms with van der Waals surface area (Å²) in [4.78, 5) is 3.78. The molecule has 2 aromatic carbocycles. The number of aromatic nitrogens is 1. The van der Waals surface area contributed by atoms with Crippen molar-refractivity contribution in [1.29, 1.82) is 0 Å². The number of phenolic OH excluding ortho intramolecular Hbond substituents is 1. The number of rotatable bonds is 1. The molecule has 0 fully saturated rings. The molecule has 3 aromatic rings. The maximum absolute atomic E-state index is 10.6. The molecule has 1 heterocycles. The first-order valence-corrected chi connectivity index (χ1v) is 10.7. The van der Waals surface area contributed by atoms with Gasteiger partial charge in [-0.15, -0.1) is 0 Å². The molecule has 2 aliphatic rings. The maximum Gasteiger partial charge on any atom is 0.119 e. The summed E-state index contributed by atoms with van der Waals surface area (Å²) in [5, 5.41) is 12.0. The molecular weight excluding hydrogens is 342 g/mol. The van der Waals surface area contributed by atoms with Gasteiger partial charge in [-0.3, -0.25) is 0 Å². The third-order valence-corrected chi connectivity index (χ3v) is 7.85. The van der Waals surface area contributed by atoms with Crippen LogP contribution in [0.4, 0.5) is 0 Å². The van der Waals surface area contributed by atoms with E-state index >= 15 is 0 Å². The molecular formula is C26H31NO. The van der Waals surface area contributed by atoms with Crippen molar-refractivity contribution in [3.63, 3.8) is 0 Å². The second-order valence-corrected chi connectivity index (χ2v) is 10.1. The number of hydrogen-bond donors (Lipinski definition) is 2. The Labute approximate surface area is 168 Å². The number of aromatic amines is 1. The number of hydrogen-bond acceptors (Lipinski definition) is 1. The Hall–Kier alpha value is -2.22. The number of benzene rings is 2. The number of H-pyrrole nitrogens is 1. The fraction of sp³-hybridized carbons (Fsp3) is 0.462. The molecule has 0 radical (unpaired) electrons. The van der Waals surface area contributed by atoms with Crippen molar-refractivity contribution in [3.8, 4) is 5.75 Å². The van der Waals surface area contributed by atoms with Gasteiger partial charge < -0.3 is 10.1 Å². The van der Waals surface area contributed by atoms with E-state index in [2.05, 4.69) is 69.9 Å². The van der Waals surface area contributed by atoms with Gasteiger partial charge in [0.05, 0.1) is 0 Å². The lowest BCUT2D eigenvalue weighted by atomic mass is 9.49. The summed E-state index contributed by atoms with van der Waals surface area (Å²) in [6.07, 6.45) is 3.31. The van der Waals surface area contributed by atoms with E-state index in [1.807, 2.05) is 6.07 Å². The predicted octanol–water partition coefficient (Wildman–Crippen LogP) is 6.35. The molecule has 1 aromatic heterocycles. The lowest BCUT2D eigenvalue weighted by molar-refractivity contribution is 0.137. The van der Waals surface area contributed by atoms with Gasteiger partial charge in [-0.1, -0.05) is 58.9 Å². The smallest absolute Gasteiger partial charge is 0.119 e. The van der Waals surface area contributed by atoms with Crippen LogP contribution in [0.25, 0.3) is 10.9 Å². The Kier molecular flexibility index (Phi) is 3.60. The van der Waals surface area contributed by atoms with E-state index in [4.69, 9.17) is 0 Å². The monoisotopic (exact) mass is 373 g/mol. The molecule has 0 amide bonds. The van der Waals surface area contributed by atoms with Crippen LogP contribution in [0.2, 0.25) is 0 Å². The van der Waals surface area contributed by atoms with E-state index in [-0.39, 0.29) is 10.8 Å². The normalized spacial score (nSPS) is 25.4. The van der Waals surface area contributed by atoms with Crippen molar-refractivity contribution in [1.82, 2.24) is 4.98 Å². The Morgan fingerprint density at radius 3 is 2.54 bits per heavy atom. The zero-order valence-electron chi connectivity index (χ0n) is 17.7. The first kappa shape index (κ1) is 17.8. The number of phenols is 1. The fourth-order valence-corrected chi connectivity index (χ4v) is 6.75. The van der Waals surface area contributed by atoms with E-state index in [0.717, 1.165) is 12.8 Å². The van der Waals surface area contributed by atoms with Crippen molar-refractivity contribution in [3.05, 3.63) is 64.3 Å². The summed E-state index contributed by atoms with van der Waals surface area (Å²) in [6.45, 7) is 11.7. The third-order valence-electron chi connectivity index (χ3n) is 7.85. The zero-order valence-corrected chi connectivity index (χ0v) is 17.7. The van der Waals surface area contributed by atoms with E-state index in [1.165, 1.54) is 45.3 Å². The summed E-state index contributed by atoms with van der Waals surface area (Å²) in [5.74, 6) is 1.40. The van der Waals surface area contributed by atoms with Gasteiger partial charge in [-0.25, -0.2) is 0 Å². The highest BCUT2D eigenvalue weighted by Gasteiger charge is 2.53. The average molecular weight is 374 g/mol. The molecule has 28 heavy (non-hydrogen) atoms. The molecule has 0 aliphatic heterocycles. The Morgan fingerprint density at radius 1 is 1.04 bits per heavy atom. The minimum Gasteiger partial charge on any atom is -0.508 e. The standard InChI is InChI=1S/C26H31NO/c1-15(2)23-17-10-13-22-25(3,4)24-18(16-8-6-7-9-20(16)27-24)14-26(22,5)19(17)11-12-21(23)28/h6-9,11-12,15,22,27-28H,10,13-14H2,1-5H3/t22-,26+/m0/s1. The highest BCUT2D eigenvalue weighted by Crippen LogP contribution is 2.58. The summed E-state index contributed by atoms with van der Waals surface area (Å²) in [6, 6.07) is 12.9. The Morgan fingerprint density at radius 2 is 1.79 bits per heavy atom. The molecule has 2 atom stereocenters. The summed E-state index contributed by atoms with van der Waals surface area (Å²) in [5.41, 5.74) is 8.41. The number of fused-ring (bicyclic) bond motifs is 6. The van der Waals surface area contributed by atoms with Crippen LogP contribution in [-0.4, -0.2) is 10.1 Å². The van der Waals surface area contributed by atoms with Crippen molar-refractivity contribution < 1.29 is 5.11 Å². The van der Waals surface area contributed by atoms with Crippen molar-refractivity contribution in [2.75, 3.05) is 0 Å². The summed E-state index contributed by atoms with van der Waals surface area (Å²) >= 11 is 0. The molecule has 2 N–H and O–H groups in total. The van der Waals surface area contributed by atoms with Gasteiger partial charge in [0.25, 0.3) is 0 Å². The Bertz CT molecular complexity index is 1090. The predicted molar refractivity (Wildman–Crippen MR) is 116 cm³/mol. The van der Waals surface area contributed by atoms with Gasteiger partial charge in [0.1, 0.15) is 5.75 Å². The van der Waals surface area contributed by atoms with Gasteiger partial charge in [-0.2, -0.15) is 0 Å². The molecule has 0 spiro atoms. The van der Waals surface area contributed by atoms with Gasteiger partial charge in [0, 0.05) is 27.4 Å². The zero-order chi connectivity index (χ0) is 19.8. The topological polar surface area (TPSA) is 36.0 Å². The lowest BCUT2D eigenvalue weighted by Crippen LogP contribution is -2.51. The minimum atomic E-state index is 0.0897. The van der Waals surface area contributed by atoms with Crippen LogP contribution in [0.5, 0.6) is 5.75 Å². The van der Waals surface area contributed by atoms with Crippen LogP contribution >= 0.6 is 0 Å². The molecule has 0 unspecified atom stereocenters. The molecule has 2 aliphatic carbocycles. The van der Waals surface area contributed by atoms with Crippen LogP contribution in [0, 0.1) is 5.92 Å². The van der Waals surface area contributed by atoms with Crippen LogP contribution < -0.4 is 0 Å². The van der Waals surface area contributed by atoms with E-state index in [1.54, 1.807) is 0 Å². The highest BCUT2D eigenvalue weighted by atomic mass is 16.3. The molecule has 0 saturated heterocycles. The van der Waals surface area contributed by atoms with Crippen LogP contribution in [0.3, 0.4) is 0 Å². The number of aromatic hydroxyl groups is 1. The van der Waals surface area contributed by atoms with Crippen molar-refractivity contribution in [2.24, 2.45) is 5.92 Å². The maximum atomic E-state index is 10.6. The number of nitrogens with one attached hydrogen (secondary N) is 1. The van der Waals surface area contributed by atoms with Crippen molar-refractivity contribution in [2.45, 2.75) is 70.6 Å². The SMILES string of the molecule is CC(C)c1c(O)ccc2c1CC[C@H]1C(C)(C)c3[nH]c4ccccc4c3C[C@]21C.